The standard InChI is InChI=1S/C20H22N4O3S/c1-14-8-9-15(2)17(12-14)24-20(21-22-23-24)28-13-19(25)27-11-10-26-18-7-5-4-6-16(18)3/h4-9,12H,10-11,13H2,1-3H3. The highest BCUT2D eigenvalue weighted by molar-refractivity contribution is 7.99. The van der Waals surface area contributed by atoms with E-state index in [0.717, 1.165) is 28.1 Å². The van der Waals surface area contributed by atoms with E-state index in [1.54, 1.807) is 4.68 Å². The van der Waals surface area contributed by atoms with Crippen molar-refractivity contribution in [3.63, 3.8) is 0 Å². The number of para-hydroxylation sites is 1. The molecule has 0 radical (unpaired) electrons. The summed E-state index contributed by atoms with van der Waals surface area (Å²) < 4.78 is 12.5. The van der Waals surface area contributed by atoms with Crippen LogP contribution < -0.4 is 4.74 Å². The average Bonchev–Trinajstić information content (AvgIpc) is 3.15. The maximum Gasteiger partial charge on any atom is 0.316 e. The number of carbonyl (C=O) groups excluding carboxylic acids is 1. The Morgan fingerprint density at radius 2 is 1.89 bits per heavy atom. The highest BCUT2D eigenvalue weighted by atomic mass is 32.2. The number of aryl methyl sites for hydroxylation is 3. The molecule has 1 aromatic heterocycles. The molecular formula is C20H22N4O3S. The molecule has 8 heteroatoms. The van der Waals surface area contributed by atoms with Crippen LogP contribution in [0.25, 0.3) is 5.69 Å². The van der Waals surface area contributed by atoms with Crippen molar-refractivity contribution in [2.75, 3.05) is 19.0 Å². The van der Waals surface area contributed by atoms with Crippen molar-refractivity contribution in [1.29, 1.82) is 0 Å². The summed E-state index contributed by atoms with van der Waals surface area (Å²) >= 11 is 1.24. The van der Waals surface area contributed by atoms with E-state index in [9.17, 15) is 4.79 Å². The minimum atomic E-state index is -0.339. The van der Waals surface area contributed by atoms with Gasteiger partial charge in [-0.2, -0.15) is 4.68 Å². The predicted molar refractivity (Wildman–Crippen MR) is 107 cm³/mol. The van der Waals surface area contributed by atoms with Crippen molar-refractivity contribution >= 4 is 17.7 Å². The Morgan fingerprint density at radius 3 is 2.71 bits per heavy atom. The lowest BCUT2D eigenvalue weighted by Gasteiger charge is -2.10. The van der Waals surface area contributed by atoms with Crippen LogP contribution in [0.2, 0.25) is 0 Å². The normalized spacial score (nSPS) is 10.7. The molecule has 0 aliphatic heterocycles. The largest absolute Gasteiger partial charge is 0.490 e. The van der Waals surface area contributed by atoms with Gasteiger partial charge in [-0.15, -0.1) is 5.10 Å². The van der Waals surface area contributed by atoms with E-state index in [1.165, 1.54) is 11.8 Å². The number of nitrogens with zero attached hydrogens (tertiary/aromatic N) is 4. The highest BCUT2D eigenvalue weighted by Gasteiger charge is 2.14. The number of carbonyl (C=O) groups is 1. The molecule has 28 heavy (non-hydrogen) atoms. The van der Waals surface area contributed by atoms with Gasteiger partial charge in [0.2, 0.25) is 5.16 Å². The summed E-state index contributed by atoms with van der Waals surface area (Å²) in [5, 5.41) is 12.3. The molecular weight excluding hydrogens is 376 g/mol. The van der Waals surface area contributed by atoms with Crippen LogP contribution in [0.3, 0.4) is 0 Å². The summed E-state index contributed by atoms with van der Waals surface area (Å²) in [7, 11) is 0. The number of ether oxygens (including phenoxy) is 2. The first-order valence-corrected chi connectivity index (χ1v) is 9.86. The fourth-order valence-electron chi connectivity index (χ4n) is 2.56. The zero-order chi connectivity index (χ0) is 19.9. The van der Waals surface area contributed by atoms with Crippen molar-refractivity contribution in [3.05, 3.63) is 59.2 Å². The molecule has 0 saturated heterocycles. The third kappa shape index (κ3) is 5.10. The Bertz CT molecular complexity index is 958. The van der Waals surface area contributed by atoms with Crippen LogP contribution in [0.15, 0.2) is 47.6 Å². The molecule has 0 aliphatic carbocycles. The molecule has 0 fully saturated rings. The second-order valence-corrected chi connectivity index (χ2v) is 7.23. The highest BCUT2D eigenvalue weighted by Crippen LogP contribution is 2.21. The first-order chi connectivity index (χ1) is 13.5. The van der Waals surface area contributed by atoms with Gasteiger partial charge >= 0.3 is 5.97 Å². The molecule has 3 rings (SSSR count). The molecule has 7 nitrogen and oxygen atoms in total. The Morgan fingerprint density at radius 1 is 1.07 bits per heavy atom. The lowest BCUT2D eigenvalue weighted by molar-refractivity contribution is -0.141. The van der Waals surface area contributed by atoms with Crippen molar-refractivity contribution in [1.82, 2.24) is 20.2 Å². The van der Waals surface area contributed by atoms with Gasteiger partial charge in [0.05, 0.1) is 11.4 Å². The van der Waals surface area contributed by atoms with Crippen LogP contribution in [-0.4, -0.2) is 45.1 Å². The number of hydrogen-bond acceptors (Lipinski definition) is 7. The lowest BCUT2D eigenvalue weighted by Crippen LogP contribution is -2.14. The summed E-state index contributed by atoms with van der Waals surface area (Å²) in [6.45, 7) is 6.47. The van der Waals surface area contributed by atoms with E-state index in [2.05, 4.69) is 15.5 Å². The number of tetrazole rings is 1. The summed E-state index contributed by atoms with van der Waals surface area (Å²) in [5.74, 6) is 0.574. The van der Waals surface area contributed by atoms with Crippen LogP contribution in [-0.2, 0) is 9.53 Å². The summed E-state index contributed by atoms with van der Waals surface area (Å²) in [6, 6.07) is 13.8. The van der Waals surface area contributed by atoms with Gasteiger partial charge in [0, 0.05) is 0 Å². The molecule has 0 amide bonds. The van der Waals surface area contributed by atoms with E-state index in [4.69, 9.17) is 9.47 Å². The maximum absolute atomic E-state index is 12.0. The van der Waals surface area contributed by atoms with Gasteiger partial charge in [-0.25, -0.2) is 0 Å². The zero-order valence-corrected chi connectivity index (χ0v) is 16.9. The van der Waals surface area contributed by atoms with Gasteiger partial charge in [-0.3, -0.25) is 4.79 Å². The van der Waals surface area contributed by atoms with E-state index in [0.29, 0.717) is 11.8 Å². The van der Waals surface area contributed by atoms with Gasteiger partial charge in [0.15, 0.2) is 0 Å². The van der Waals surface area contributed by atoms with Crippen molar-refractivity contribution < 1.29 is 14.3 Å². The van der Waals surface area contributed by atoms with E-state index in [1.807, 2.05) is 63.2 Å². The number of aromatic nitrogens is 4. The third-order valence-corrected chi connectivity index (χ3v) is 4.94. The Labute approximate surface area is 168 Å². The van der Waals surface area contributed by atoms with Crippen LogP contribution in [0.5, 0.6) is 5.75 Å². The minimum Gasteiger partial charge on any atom is -0.490 e. The second kappa shape index (κ2) is 9.36. The van der Waals surface area contributed by atoms with Crippen LogP contribution in [0.1, 0.15) is 16.7 Å². The Balaban J connectivity index is 1.48. The zero-order valence-electron chi connectivity index (χ0n) is 16.1. The Kier molecular flexibility index (Phi) is 6.65. The molecule has 0 aliphatic rings. The molecule has 3 aromatic rings. The number of benzene rings is 2. The van der Waals surface area contributed by atoms with Gasteiger partial charge in [0.25, 0.3) is 0 Å². The van der Waals surface area contributed by atoms with Gasteiger partial charge in [-0.1, -0.05) is 42.1 Å². The maximum atomic E-state index is 12.0. The van der Waals surface area contributed by atoms with Crippen molar-refractivity contribution in [2.24, 2.45) is 0 Å². The van der Waals surface area contributed by atoms with Crippen LogP contribution in [0, 0.1) is 20.8 Å². The summed E-state index contributed by atoms with van der Waals surface area (Å²) in [6.07, 6.45) is 0. The SMILES string of the molecule is Cc1ccc(C)c(-n2nnnc2SCC(=O)OCCOc2ccccc2C)c1. The monoisotopic (exact) mass is 398 g/mol. The lowest BCUT2D eigenvalue weighted by atomic mass is 10.1. The minimum absolute atomic E-state index is 0.121. The first kappa shape index (κ1) is 19.9. The molecule has 0 saturated carbocycles. The molecule has 146 valence electrons. The fourth-order valence-corrected chi connectivity index (χ4v) is 3.24. The Hall–Kier alpha value is -2.87. The molecule has 0 spiro atoms. The smallest absolute Gasteiger partial charge is 0.316 e. The van der Waals surface area contributed by atoms with Gasteiger partial charge in [0.1, 0.15) is 19.0 Å². The average molecular weight is 398 g/mol. The van der Waals surface area contributed by atoms with E-state index < -0.39 is 0 Å². The predicted octanol–water partition coefficient (Wildman–Crippen LogP) is 3.30. The first-order valence-electron chi connectivity index (χ1n) is 8.87. The molecule has 1 heterocycles. The molecule has 0 N–H and O–H groups in total. The third-order valence-electron chi connectivity index (χ3n) is 4.05. The number of esters is 1. The van der Waals surface area contributed by atoms with Gasteiger partial charge < -0.3 is 9.47 Å². The van der Waals surface area contributed by atoms with Crippen LogP contribution in [0.4, 0.5) is 0 Å². The van der Waals surface area contributed by atoms with Crippen molar-refractivity contribution in [3.8, 4) is 11.4 Å². The van der Waals surface area contributed by atoms with Crippen LogP contribution >= 0.6 is 11.8 Å². The number of hydrogen-bond donors (Lipinski definition) is 0. The summed E-state index contributed by atoms with van der Waals surface area (Å²) in [5.41, 5.74) is 4.10. The molecule has 0 atom stereocenters. The fraction of sp³-hybridized carbons (Fsp3) is 0.300. The second-order valence-electron chi connectivity index (χ2n) is 6.29. The number of thioether (sulfide) groups is 1. The van der Waals surface area contributed by atoms with E-state index in [-0.39, 0.29) is 18.3 Å². The van der Waals surface area contributed by atoms with Crippen molar-refractivity contribution in [2.45, 2.75) is 25.9 Å². The van der Waals surface area contributed by atoms with E-state index >= 15 is 0 Å². The number of rotatable bonds is 8. The van der Waals surface area contributed by atoms with Gasteiger partial charge in [-0.05, 0) is 60.0 Å². The topological polar surface area (TPSA) is 79.1 Å². The molecule has 0 unspecified atom stereocenters. The molecule has 2 aromatic carbocycles. The molecule has 0 bridgehead atoms. The quantitative estimate of drug-likeness (QED) is 0.327. The summed E-state index contributed by atoms with van der Waals surface area (Å²) in [4.78, 5) is 12.0.